The van der Waals surface area contributed by atoms with Crippen molar-refractivity contribution in [3.05, 3.63) is 0 Å². The molecule has 3 nitrogen and oxygen atoms in total. The molecule has 0 aromatic rings. The average molecular weight is 246 g/mol. The summed E-state index contributed by atoms with van der Waals surface area (Å²) in [6.07, 6.45) is 12.5. The fourth-order valence-corrected chi connectivity index (χ4v) is 3.56. The number of ether oxygens (including phenoxy) is 1. The van der Waals surface area contributed by atoms with Crippen LogP contribution < -0.4 is 0 Å². The monoisotopic (exact) mass is 246 g/mol. The van der Waals surface area contributed by atoms with Crippen LogP contribution in [0.25, 0.3) is 0 Å². The average Bonchev–Trinajstić information content (AvgIpc) is 2.42. The highest BCUT2D eigenvalue weighted by Crippen LogP contribution is 2.37. The zero-order valence-electron chi connectivity index (χ0n) is 11.0. The van der Waals surface area contributed by atoms with E-state index in [4.69, 9.17) is 15.3 Å². The van der Waals surface area contributed by atoms with E-state index in [1.807, 2.05) is 6.26 Å². The maximum atomic E-state index is 8.89. The molecule has 0 bridgehead atoms. The standard InChI is InChI=1S/C15H22N2O/c16-10-14-3-1-12(2-4-14)9-13-5-7-15(8-6-13)18-11-17/h12-15H,1-9H2. The first kappa shape index (κ1) is 13.2. The molecular formula is C15H22N2O. The lowest BCUT2D eigenvalue weighted by molar-refractivity contribution is 0.0912. The summed E-state index contributed by atoms with van der Waals surface area (Å²) in [6.45, 7) is 0. The molecule has 0 aliphatic heterocycles. The van der Waals surface area contributed by atoms with Gasteiger partial charge < -0.3 is 4.74 Å². The lowest BCUT2D eigenvalue weighted by Gasteiger charge is -2.32. The van der Waals surface area contributed by atoms with Crippen LogP contribution in [-0.4, -0.2) is 6.10 Å². The molecule has 0 radical (unpaired) electrons. The second kappa shape index (κ2) is 6.64. The molecule has 0 heterocycles. The zero-order chi connectivity index (χ0) is 12.8. The van der Waals surface area contributed by atoms with Crippen molar-refractivity contribution in [2.24, 2.45) is 17.8 Å². The van der Waals surface area contributed by atoms with Crippen LogP contribution in [0.4, 0.5) is 0 Å². The fraction of sp³-hybridized carbons (Fsp3) is 0.867. The molecule has 0 unspecified atom stereocenters. The summed E-state index contributed by atoms with van der Waals surface area (Å²) in [6, 6.07) is 2.40. The maximum absolute atomic E-state index is 8.89. The molecule has 98 valence electrons. The Morgan fingerprint density at radius 1 is 0.833 bits per heavy atom. The van der Waals surface area contributed by atoms with Gasteiger partial charge in [-0.1, -0.05) is 0 Å². The van der Waals surface area contributed by atoms with Crippen LogP contribution in [0.3, 0.4) is 0 Å². The van der Waals surface area contributed by atoms with Crippen LogP contribution in [0.2, 0.25) is 0 Å². The third-order valence-electron chi connectivity index (χ3n) is 4.71. The van der Waals surface area contributed by atoms with Crippen molar-refractivity contribution in [1.29, 1.82) is 10.5 Å². The molecule has 0 saturated heterocycles. The summed E-state index contributed by atoms with van der Waals surface area (Å²) in [5.74, 6) is 1.99. The van der Waals surface area contributed by atoms with E-state index in [2.05, 4.69) is 6.07 Å². The van der Waals surface area contributed by atoms with Crippen molar-refractivity contribution in [2.45, 2.75) is 63.9 Å². The van der Waals surface area contributed by atoms with Crippen LogP contribution >= 0.6 is 0 Å². The highest BCUT2D eigenvalue weighted by atomic mass is 16.5. The molecule has 0 amide bonds. The van der Waals surface area contributed by atoms with Crippen molar-refractivity contribution in [1.82, 2.24) is 0 Å². The molecule has 0 aromatic carbocycles. The number of rotatable bonds is 3. The first-order valence-electron chi connectivity index (χ1n) is 7.26. The molecule has 2 aliphatic rings. The largest absolute Gasteiger partial charge is 0.424 e. The van der Waals surface area contributed by atoms with Crippen LogP contribution in [0.1, 0.15) is 57.8 Å². The Kier molecular flexibility index (Phi) is 4.88. The van der Waals surface area contributed by atoms with Gasteiger partial charge in [0.25, 0.3) is 6.26 Å². The van der Waals surface area contributed by atoms with E-state index in [0.29, 0.717) is 5.92 Å². The minimum absolute atomic E-state index is 0.181. The molecule has 2 saturated carbocycles. The minimum atomic E-state index is 0.181. The predicted octanol–water partition coefficient (Wildman–Crippen LogP) is 3.76. The Balaban J connectivity index is 1.67. The summed E-state index contributed by atoms with van der Waals surface area (Å²) in [4.78, 5) is 0. The predicted molar refractivity (Wildman–Crippen MR) is 68.1 cm³/mol. The van der Waals surface area contributed by atoms with E-state index in [1.165, 1.54) is 32.1 Å². The van der Waals surface area contributed by atoms with Crippen LogP contribution in [-0.2, 0) is 4.74 Å². The normalized spacial score (nSPS) is 36.3. The molecule has 2 rings (SSSR count). The third-order valence-corrected chi connectivity index (χ3v) is 4.71. The number of hydrogen-bond donors (Lipinski definition) is 0. The molecule has 0 spiro atoms. The van der Waals surface area contributed by atoms with Crippen LogP contribution in [0, 0.1) is 40.6 Å². The second-order valence-corrected chi connectivity index (χ2v) is 5.93. The SMILES string of the molecule is N#COC1CCC(CC2CCC(C#N)CC2)CC1. The number of nitriles is 2. The molecule has 2 aliphatic carbocycles. The van der Waals surface area contributed by atoms with Gasteiger partial charge in [-0.15, -0.1) is 0 Å². The van der Waals surface area contributed by atoms with E-state index in [1.54, 1.807) is 0 Å². The van der Waals surface area contributed by atoms with Crippen LogP contribution in [0.5, 0.6) is 0 Å². The van der Waals surface area contributed by atoms with Gasteiger partial charge in [0.1, 0.15) is 6.10 Å². The Hall–Kier alpha value is -1.22. The number of hydrogen-bond acceptors (Lipinski definition) is 3. The van der Waals surface area contributed by atoms with E-state index in [-0.39, 0.29) is 6.10 Å². The van der Waals surface area contributed by atoms with Gasteiger partial charge in [-0.3, -0.25) is 0 Å². The van der Waals surface area contributed by atoms with Crippen molar-refractivity contribution in [3.63, 3.8) is 0 Å². The smallest absolute Gasteiger partial charge is 0.286 e. The van der Waals surface area contributed by atoms with Gasteiger partial charge in [0.15, 0.2) is 0 Å². The minimum Gasteiger partial charge on any atom is -0.424 e. The molecule has 0 aromatic heterocycles. The van der Waals surface area contributed by atoms with E-state index in [9.17, 15) is 0 Å². The van der Waals surface area contributed by atoms with E-state index < -0.39 is 0 Å². The summed E-state index contributed by atoms with van der Waals surface area (Å²) < 4.78 is 5.02. The highest BCUT2D eigenvalue weighted by Gasteiger charge is 2.27. The first-order chi connectivity index (χ1) is 8.81. The van der Waals surface area contributed by atoms with Crippen molar-refractivity contribution < 1.29 is 4.74 Å². The molecule has 2 fully saturated rings. The second-order valence-electron chi connectivity index (χ2n) is 5.93. The van der Waals surface area contributed by atoms with Crippen LogP contribution in [0.15, 0.2) is 0 Å². The fourth-order valence-electron chi connectivity index (χ4n) is 3.56. The van der Waals surface area contributed by atoms with Gasteiger partial charge in [0, 0.05) is 5.92 Å². The zero-order valence-corrected chi connectivity index (χ0v) is 11.0. The third kappa shape index (κ3) is 3.64. The Morgan fingerprint density at radius 2 is 1.39 bits per heavy atom. The lowest BCUT2D eigenvalue weighted by Crippen LogP contribution is -2.23. The van der Waals surface area contributed by atoms with Crippen molar-refractivity contribution >= 4 is 0 Å². The molecule has 3 heteroatoms. The number of nitrogens with zero attached hydrogens (tertiary/aromatic N) is 2. The Morgan fingerprint density at radius 3 is 1.89 bits per heavy atom. The van der Waals surface area contributed by atoms with Crippen molar-refractivity contribution in [3.8, 4) is 12.3 Å². The quantitative estimate of drug-likeness (QED) is 0.712. The molecule has 0 atom stereocenters. The summed E-state index contributed by atoms with van der Waals surface area (Å²) >= 11 is 0. The van der Waals surface area contributed by atoms with E-state index >= 15 is 0 Å². The Bertz CT molecular complexity index is 325. The van der Waals surface area contributed by atoms with Gasteiger partial charge in [-0.2, -0.15) is 10.5 Å². The van der Waals surface area contributed by atoms with Gasteiger partial charge in [-0.05, 0) is 69.6 Å². The highest BCUT2D eigenvalue weighted by molar-refractivity contribution is 4.88. The van der Waals surface area contributed by atoms with Crippen molar-refractivity contribution in [2.75, 3.05) is 0 Å². The van der Waals surface area contributed by atoms with Gasteiger partial charge in [-0.25, -0.2) is 0 Å². The van der Waals surface area contributed by atoms with Gasteiger partial charge >= 0.3 is 0 Å². The Labute approximate surface area is 110 Å². The topological polar surface area (TPSA) is 56.8 Å². The molecule has 0 N–H and O–H groups in total. The summed E-state index contributed by atoms with van der Waals surface area (Å²) in [5, 5.41) is 17.4. The van der Waals surface area contributed by atoms with Gasteiger partial charge in [0.2, 0.25) is 0 Å². The van der Waals surface area contributed by atoms with Gasteiger partial charge in [0.05, 0.1) is 6.07 Å². The summed E-state index contributed by atoms with van der Waals surface area (Å²) in [5.41, 5.74) is 0. The maximum Gasteiger partial charge on any atom is 0.286 e. The molecule has 18 heavy (non-hydrogen) atoms. The molecular weight excluding hydrogens is 224 g/mol. The van der Waals surface area contributed by atoms with E-state index in [0.717, 1.165) is 37.5 Å². The summed E-state index contributed by atoms with van der Waals surface area (Å²) in [7, 11) is 0. The lowest BCUT2D eigenvalue weighted by atomic mass is 9.75. The first-order valence-corrected chi connectivity index (χ1v) is 7.26.